The van der Waals surface area contributed by atoms with E-state index in [1.807, 2.05) is 0 Å². The molecule has 0 aliphatic rings. The lowest BCUT2D eigenvalue weighted by Crippen LogP contribution is -2.41. The van der Waals surface area contributed by atoms with Gasteiger partial charge in [0.25, 0.3) is 0 Å². The van der Waals surface area contributed by atoms with E-state index in [0.717, 1.165) is 0 Å². The molecule has 0 saturated carbocycles. The number of alkyl halides is 3. The minimum absolute atomic E-state index is 0.0449. The average molecular weight is 261 g/mol. The molecule has 2 N–H and O–H groups in total. The Balaban J connectivity index is 2.60. The third-order valence-corrected chi connectivity index (χ3v) is 2.56. The van der Waals surface area contributed by atoms with Gasteiger partial charge in [0.1, 0.15) is 6.04 Å². The van der Waals surface area contributed by atoms with Crippen LogP contribution in [-0.2, 0) is 6.54 Å². The fourth-order valence-corrected chi connectivity index (χ4v) is 1.50. The molecule has 1 aromatic carbocycles. The quantitative estimate of drug-likeness (QED) is 0.856. The van der Waals surface area contributed by atoms with Crippen LogP contribution in [0.4, 0.5) is 13.2 Å². The molecule has 6 heteroatoms. The van der Waals surface area contributed by atoms with E-state index in [0.29, 0.717) is 5.56 Å². The number of hydrogen-bond acceptors (Lipinski definition) is 2. The number of carboxylic acids is 1. The largest absolute Gasteiger partial charge is 0.478 e. The Labute approximate surface area is 103 Å². The molecule has 3 nitrogen and oxygen atoms in total. The first kappa shape index (κ1) is 14.5. The van der Waals surface area contributed by atoms with Gasteiger partial charge in [0.2, 0.25) is 0 Å². The van der Waals surface area contributed by atoms with E-state index in [9.17, 15) is 18.0 Å². The monoisotopic (exact) mass is 261 g/mol. The SMILES string of the molecule is CC[C@H](NCc1ccc(C(=O)O)cc1)C(F)(F)F. The Kier molecular flexibility index (Phi) is 4.72. The van der Waals surface area contributed by atoms with Gasteiger partial charge in [0, 0.05) is 6.54 Å². The third kappa shape index (κ3) is 4.03. The smallest absolute Gasteiger partial charge is 0.403 e. The van der Waals surface area contributed by atoms with Crippen LogP contribution in [0.5, 0.6) is 0 Å². The van der Waals surface area contributed by atoms with E-state index in [1.165, 1.54) is 31.2 Å². The van der Waals surface area contributed by atoms with E-state index >= 15 is 0 Å². The topological polar surface area (TPSA) is 49.3 Å². The molecule has 0 radical (unpaired) electrons. The summed E-state index contributed by atoms with van der Waals surface area (Å²) >= 11 is 0. The first-order chi connectivity index (χ1) is 8.34. The second-order valence-electron chi connectivity index (χ2n) is 3.89. The van der Waals surface area contributed by atoms with Crippen LogP contribution in [0.15, 0.2) is 24.3 Å². The average Bonchev–Trinajstić information content (AvgIpc) is 2.28. The van der Waals surface area contributed by atoms with Gasteiger partial charge in [0.15, 0.2) is 0 Å². The molecule has 0 heterocycles. The molecule has 18 heavy (non-hydrogen) atoms. The van der Waals surface area contributed by atoms with Crippen molar-refractivity contribution in [3.05, 3.63) is 35.4 Å². The summed E-state index contributed by atoms with van der Waals surface area (Å²) in [5.74, 6) is -1.06. The highest BCUT2D eigenvalue weighted by Crippen LogP contribution is 2.22. The molecule has 0 fully saturated rings. The molecule has 0 aliphatic heterocycles. The number of hydrogen-bond donors (Lipinski definition) is 2. The van der Waals surface area contributed by atoms with E-state index in [4.69, 9.17) is 5.11 Å². The van der Waals surface area contributed by atoms with Crippen LogP contribution in [-0.4, -0.2) is 23.3 Å². The summed E-state index contributed by atoms with van der Waals surface area (Å²) in [5.41, 5.74) is 0.726. The zero-order valence-electron chi connectivity index (χ0n) is 9.79. The predicted octanol–water partition coefficient (Wildman–Crippen LogP) is 2.82. The fourth-order valence-electron chi connectivity index (χ4n) is 1.50. The third-order valence-electron chi connectivity index (χ3n) is 2.56. The molecule has 0 amide bonds. The van der Waals surface area contributed by atoms with Gasteiger partial charge in [0.05, 0.1) is 5.56 Å². The number of carbonyl (C=O) groups is 1. The van der Waals surface area contributed by atoms with Crippen LogP contribution < -0.4 is 5.32 Å². The Morgan fingerprint density at radius 3 is 2.28 bits per heavy atom. The van der Waals surface area contributed by atoms with Crippen molar-refractivity contribution in [3.8, 4) is 0 Å². The van der Waals surface area contributed by atoms with Crippen LogP contribution in [0.2, 0.25) is 0 Å². The summed E-state index contributed by atoms with van der Waals surface area (Å²) in [7, 11) is 0. The standard InChI is InChI=1S/C12H14F3NO2/c1-2-10(12(13,14)15)16-7-8-3-5-9(6-4-8)11(17)18/h3-6,10,16H,2,7H2,1H3,(H,17,18)/t10-/m0/s1. The highest BCUT2D eigenvalue weighted by Gasteiger charge is 2.37. The van der Waals surface area contributed by atoms with Crippen LogP contribution in [0.1, 0.15) is 29.3 Å². The molecule has 100 valence electrons. The number of carboxylic acid groups (broad SMARTS) is 1. The minimum Gasteiger partial charge on any atom is -0.478 e. The summed E-state index contributed by atoms with van der Waals surface area (Å²) in [4.78, 5) is 10.6. The summed E-state index contributed by atoms with van der Waals surface area (Å²) in [6.45, 7) is 1.51. The van der Waals surface area contributed by atoms with Gasteiger partial charge in [-0.25, -0.2) is 4.79 Å². The van der Waals surface area contributed by atoms with Gasteiger partial charge in [-0.15, -0.1) is 0 Å². The van der Waals surface area contributed by atoms with Crippen molar-refractivity contribution < 1.29 is 23.1 Å². The zero-order chi connectivity index (χ0) is 13.8. The molecule has 0 bridgehead atoms. The Hall–Kier alpha value is -1.56. The van der Waals surface area contributed by atoms with Crippen LogP contribution in [0.3, 0.4) is 0 Å². The normalized spacial score (nSPS) is 13.3. The number of halogens is 3. The number of aromatic carboxylic acids is 1. The van der Waals surface area contributed by atoms with Gasteiger partial charge < -0.3 is 10.4 Å². The maximum absolute atomic E-state index is 12.5. The Morgan fingerprint density at radius 2 is 1.89 bits per heavy atom. The van der Waals surface area contributed by atoms with E-state index in [2.05, 4.69) is 5.32 Å². The molecular formula is C12H14F3NO2. The molecule has 0 saturated heterocycles. The fraction of sp³-hybridized carbons (Fsp3) is 0.417. The van der Waals surface area contributed by atoms with Crippen molar-refractivity contribution >= 4 is 5.97 Å². The van der Waals surface area contributed by atoms with E-state index < -0.39 is 18.2 Å². The van der Waals surface area contributed by atoms with Crippen LogP contribution >= 0.6 is 0 Å². The zero-order valence-corrected chi connectivity index (χ0v) is 9.79. The predicted molar refractivity (Wildman–Crippen MR) is 60.4 cm³/mol. The van der Waals surface area contributed by atoms with Crippen LogP contribution in [0, 0.1) is 0 Å². The highest BCUT2D eigenvalue weighted by atomic mass is 19.4. The van der Waals surface area contributed by atoms with Crippen molar-refractivity contribution in [1.29, 1.82) is 0 Å². The molecule has 0 spiro atoms. The maximum atomic E-state index is 12.5. The molecule has 1 aromatic rings. The van der Waals surface area contributed by atoms with Gasteiger partial charge in [-0.1, -0.05) is 19.1 Å². The van der Waals surface area contributed by atoms with Crippen molar-refractivity contribution in [2.75, 3.05) is 0 Å². The molecule has 0 aromatic heterocycles. The molecule has 1 rings (SSSR count). The lowest BCUT2D eigenvalue weighted by molar-refractivity contribution is -0.156. The summed E-state index contributed by atoms with van der Waals surface area (Å²) < 4.78 is 37.4. The van der Waals surface area contributed by atoms with E-state index in [-0.39, 0.29) is 18.5 Å². The number of rotatable bonds is 5. The molecule has 0 unspecified atom stereocenters. The van der Waals surface area contributed by atoms with Gasteiger partial charge in [-0.2, -0.15) is 13.2 Å². The second kappa shape index (κ2) is 5.86. The summed E-state index contributed by atoms with van der Waals surface area (Å²) in [5, 5.41) is 11.1. The Morgan fingerprint density at radius 1 is 1.33 bits per heavy atom. The first-order valence-electron chi connectivity index (χ1n) is 5.47. The maximum Gasteiger partial charge on any atom is 0.403 e. The van der Waals surface area contributed by atoms with E-state index in [1.54, 1.807) is 0 Å². The molecule has 0 aliphatic carbocycles. The number of benzene rings is 1. The van der Waals surface area contributed by atoms with Gasteiger partial charge >= 0.3 is 12.1 Å². The van der Waals surface area contributed by atoms with Crippen molar-refractivity contribution in [2.45, 2.75) is 32.1 Å². The van der Waals surface area contributed by atoms with Crippen molar-refractivity contribution in [1.82, 2.24) is 5.32 Å². The lowest BCUT2D eigenvalue weighted by Gasteiger charge is -2.20. The number of nitrogens with one attached hydrogen (secondary N) is 1. The van der Waals surface area contributed by atoms with Crippen LogP contribution in [0.25, 0.3) is 0 Å². The summed E-state index contributed by atoms with van der Waals surface area (Å²) in [6.07, 6.45) is -4.31. The van der Waals surface area contributed by atoms with Crippen molar-refractivity contribution in [2.24, 2.45) is 0 Å². The van der Waals surface area contributed by atoms with Crippen molar-refractivity contribution in [3.63, 3.8) is 0 Å². The Bertz CT molecular complexity index is 401. The minimum atomic E-state index is -4.27. The summed E-state index contributed by atoms with van der Waals surface area (Å²) in [6, 6.07) is 4.19. The van der Waals surface area contributed by atoms with Gasteiger partial charge in [-0.05, 0) is 24.1 Å². The first-order valence-corrected chi connectivity index (χ1v) is 5.47. The van der Waals surface area contributed by atoms with Gasteiger partial charge in [-0.3, -0.25) is 0 Å². The lowest BCUT2D eigenvalue weighted by atomic mass is 10.1. The highest BCUT2D eigenvalue weighted by molar-refractivity contribution is 5.87. The molecular weight excluding hydrogens is 247 g/mol. The second-order valence-corrected chi connectivity index (χ2v) is 3.89. The molecule has 1 atom stereocenters.